The van der Waals surface area contributed by atoms with Gasteiger partial charge in [-0.2, -0.15) is 0 Å². The number of rotatable bonds is 0. The summed E-state index contributed by atoms with van der Waals surface area (Å²) in [4.78, 5) is 10.5. The molecule has 1 fully saturated rings. The Morgan fingerprint density at radius 2 is 2.20 bits per heavy atom. The summed E-state index contributed by atoms with van der Waals surface area (Å²) in [5.74, 6) is 1.12. The first-order chi connectivity index (χ1) is 4.70. The van der Waals surface area contributed by atoms with Crippen molar-refractivity contribution < 1.29 is 9.90 Å². The van der Waals surface area contributed by atoms with Crippen LogP contribution in [0.15, 0.2) is 0 Å². The van der Waals surface area contributed by atoms with Crippen LogP contribution in [0.25, 0.3) is 0 Å². The molecular formula is C8H16O2. The highest BCUT2D eigenvalue weighted by Gasteiger charge is 2.16. The van der Waals surface area contributed by atoms with Crippen molar-refractivity contribution in [3.05, 3.63) is 0 Å². The van der Waals surface area contributed by atoms with Crippen LogP contribution in [-0.2, 0) is 4.79 Å². The van der Waals surface area contributed by atoms with E-state index in [0.29, 0.717) is 11.7 Å². The molecular weight excluding hydrogens is 128 g/mol. The lowest BCUT2D eigenvalue weighted by molar-refractivity contribution is -0.117. The van der Waals surface area contributed by atoms with Gasteiger partial charge in [0.05, 0.1) is 0 Å². The highest BCUT2D eigenvalue weighted by molar-refractivity contribution is 5.80. The van der Waals surface area contributed by atoms with Crippen molar-refractivity contribution in [2.45, 2.75) is 33.1 Å². The summed E-state index contributed by atoms with van der Waals surface area (Å²) in [5.41, 5.74) is 0. The number of aliphatic hydroxyl groups excluding tert-OH is 1. The van der Waals surface area contributed by atoms with Crippen molar-refractivity contribution >= 4 is 5.78 Å². The molecule has 0 aromatic rings. The minimum Gasteiger partial charge on any atom is -0.397 e. The number of hydrogen-bond acceptors (Lipinski definition) is 2. The number of aliphatic hydroxyl groups is 1. The van der Waals surface area contributed by atoms with Gasteiger partial charge in [-0.15, -0.1) is 0 Å². The van der Waals surface area contributed by atoms with Gasteiger partial charge in [-0.05, 0) is 19.3 Å². The molecule has 1 unspecified atom stereocenters. The van der Waals surface area contributed by atoms with E-state index in [-0.39, 0.29) is 6.61 Å². The zero-order chi connectivity index (χ0) is 7.98. The molecule has 2 heteroatoms. The fourth-order valence-electron chi connectivity index (χ4n) is 1.00. The lowest BCUT2D eigenvalue weighted by atomic mass is 10.1. The molecule has 1 saturated carbocycles. The van der Waals surface area contributed by atoms with Gasteiger partial charge in [0.2, 0.25) is 0 Å². The van der Waals surface area contributed by atoms with Crippen LogP contribution in [0.4, 0.5) is 0 Å². The first-order valence-corrected chi connectivity index (χ1v) is 3.83. The van der Waals surface area contributed by atoms with E-state index >= 15 is 0 Å². The number of hydrogen-bond donors (Lipinski definition) is 1. The van der Waals surface area contributed by atoms with Crippen LogP contribution in [0, 0.1) is 5.92 Å². The highest BCUT2D eigenvalue weighted by Crippen LogP contribution is 2.19. The van der Waals surface area contributed by atoms with E-state index in [1.54, 1.807) is 6.92 Å². The number of carbonyl (C=O) groups is 1. The summed E-state index contributed by atoms with van der Waals surface area (Å²) in [6.45, 7) is 4.06. The molecule has 0 aromatic heterocycles. The lowest BCUT2D eigenvalue weighted by Crippen LogP contribution is -1.86. The molecule has 1 aliphatic rings. The molecule has 0 spiro atoms. The second kappa shape index (κ2) is 5.42. The highest BCUT2D eigenvalue weighted by atomic mass is 16.2. The van der Waals surface area contributed by atoms with E-state index in [0.717, 1.165) is 19.3 Å². The Morgan fingerprint density at radius 3 is 2.30 bits per heavy atom. The van der Waals surface area contributed by atoms with Gasteiger partial charge >= 0.3 is 0 Å². The maximum absolute atomic E-state index is 10.5. The first kappa shape index (κ1) is 9.63. The Kier molecular flexibility index (Phi) is 5.22. The topological polar surface area (TPSA) is 37.3 Å². The van der Waals surface area contributed by atoms with E-state index in [4.69, 9.17) is 5.11 Å². The Balaban J connectivity index is 0.000000236. The van der Waals surface area contributed by atoms with Crippen molar-refractivity contribution in [2.75, 3.05) is 6.61 Å². The minimum absolute atomic E-state index is 0.250. The van der Waals surface area contributed by atoms with Crippen LogP contribution in [0.1, 0.15) is 33.1 Å². The number of ketones is 1. The van der Waals surface area contributed by atoms with Crippen LogP contribution in [0.5, 0.6) is 0 Å². The molecule has 1 rings (SSSR count). The second-order valence-corrected chi connectivity index (χ2v) is 2.70. The van der Waals surface area contributed by atoms with Crippen molar-refractivity contribution in [2.24, 2.45) is 5.92 Å². The van der Waals surface area contributed by atoms with E-state index in [2.05, 4.69) is 6.92 Å². The van der Waals surface area contributed by atoms with Gasteiger partial charge in [0.25, 0.3) is 0 Å². The molecule has 10 heavy (non-hydrogen) atoms. The van der Waals surface area contributed by atoms with Gasteiger partial charge in [-0.1, -0.05) is 6.92 Å². The predicted molar refractivity (Wildman–Crippen MR) is 40.8 cm³/mol. The average molecular weight is 144 g/mol. The maximum Gasteiger partial charge on any atom is 0.133 e. The quantitative estimate of drug-likeness (QED) is 0.557. The van der Waals surface area contributed by atoms with Gasteiger partial charge in [0.15, 0.2) is 0 Å². The largest absolute Gasteiger partial charge is 0.397 e. The van der Waals surface area contributed by atoms with Crippen LogP contribution >= 0.6 is 0 Å². The maximum atomic E-state index is 10.5. The Morgan fingerprint density at radius 1 is 1.70 bits per heavy atom. The first-order valence-electron chi connectivity index (χ1n) is 3.83. The van der Waals surface area contributed by atoms with Crippen molar-refractivity contribution in [3.8, 4) is 0 Å². The summed E-state index contributed by atoms with van der Waals surface area (Å²) < 4.78 is 0. The molecule has 2 nitrogen and oxygen atoms in total. The van der Waals surface area contributed by atoms with Crippen molar-refractivity contribution in [1.29, 1.82) is 0 Å². The third-order valence-electron chi connectivity index (χ3n) is 1.49. The summed E-state index contributed by atoms with van der Waals surface area (Å²) in [5, 5.41) is 7.57. The summed E-state index contributed by atoms with van der Waals surface area (Å²) in [7, 11) is 0. The van der Waals surface area contributed by atoms with Crippen LogP contribution < -0.4 is 0 Å². The van der Waals surface area contributed by atoms with Crippen LogP contribution in [0.2, 0.25) is 0 Å². The fourth-order valence-corrected chi connectivity index (χ4v) is 1.00. The molecule has 1 aliphatic carbocycles. The van der Waals surface area contributed by atoms with Gasteiger partial charge < -0.3 is 5.11 Å². The Labute approximate surface area is 62.2 Å². The lowest BCUT2D eigenvalue weighted by Gasteiger charge is -1.90. The third-order valence-corrected chi connectivity index (χ3v) is 1.49. The third kappa shape index (κ3) is 4.50. The van der Waals surface area contributed by atoms with Crippen molar-refractivity contribution in [3.63, 3.8) is 0 Å². The van der Waals surface area contributed by atoms with E-state index in [1.807, 2.05) is 0 Å². The fraction of sp³-hybridized carbons (Fsp3) is 0.875. The SMILES string of the molecule is CC1CCC(=O)C1.CCO. The molecule has 1 atom stereocenters. The summed E-state index contributed by atoms with van der Waals surface area (Å²) in [6, 6.07) is 0. The van der Waals surface area contributed by atoms with Crippen LogP contribution in [-0.4, -0.2) is 17.5 Å². The zero-order valence-corrected chi connectivity index (χ0v) is 6.76. The van der Waals surface area contributed by atoms with Gasteiger partial charge in [0.1, 0.15) is 5.78 Å². The Hall–Kier alpha value is -0.370. The van der Waals surface area contributed by atoms with Crippen LogP contribution in [0.3, 0.4) is 0 Å². The van der Waals surface area contributed by atoms with Gasteiger partial charge in [0, 0.05) is 19.4 Å². The number of carbonyl (C=O) groups excluding carboxylic acids is 1. The zero-order valence-electron chi connectivity index (χ0n) is 6.76. The minimum atomic E-state index is 0.250. The molecule has 0 saturated heterocycles. The normalized spacial score (nSPS) is 23.9. The Bertz CT molecular complexity index is 99.4. The molecule has 60 valence electrons. The van der Waals surface area contributed by atoms with E-state index in [1.165, 1.54) is 0 Å². The molecule has 1 N–H and O–H groups in total. The monoisotopic (exact) mass is 144 g/mol. The smallest absolute Gasteiger partial charge is 0.133 e. The van der Waals surface area contributed by atoms with Gasteiger partial charge in [-0.3, -0.25) is 4.79 Å². The predicted octanol–water partition coefficient (Wildman–Crippen LogP) is 1.37. The molecule has 0 heterocycles. The molecule has 0 aliphatic heterocycles. The van der Waals surface area contributed by atoms with E-state index in [9.17, 15) is 4.79 Å². The molecule has 0 bridgehead atoms. The van der Waals surface area contributed by atoms with Gasteiger partial charge in [-0.25, -0.2) is 0 Å². The molecule has 0 amide bonds. The molecule has 0 aromatic carbocycles. The second-order valence-electron chi connectivity index (χ2n) is 2.70. The number of Topliss-reactive ketones (excluding diaryl/α,β-unsaturated/α-hetero) is 1. The summed E-state index contributed by atoms with van der Waals surface area (Å²) >= 11 is 0. The summed E-state index contributed by atoms with van der Waals surface area (Å²) in [6.07, 6.45) is 2.79. The average Bonchev–Trinajstić information content (AvgIpc) is 2.17. The van der Waals surface area contributed by atoms with E-state index < -0.39 is 0 Å². The molecule has 0 radical (unpaired) electrons. The van der Waals surface area contributed by atoms with Crippen molar-refractivity contribution in [1.82, 2.24) is 0 Å². The standard InChI is InChI=1S/C6H10O.C2H6O/c1-5-2-3-6(7)4-5;1-2-3/h5H,2-4H2,1H3;3H,2H2,1H3.